The summed E-state index contributed by atoms with van der Waals surface area (Å²) in [6.45, 7) is 4.52. The summed E-state index contributed by atoms with van der Waals surface area (Å²) in [7, 11) is 0. The van der Waals surface area contributed by atoms with Gasteiger partial charge in [-0.2, -0.15) is 0 Å². The molecule has 1 fully saturated rings. The fourth-order valence-corrected chi connectivity index (χ4v) is 2.11. The molecule has 0 bridgehead atoms. The van der Waals surface area contributed by atoms with Crippen molar-refractivity contribution in [1.82, 2.24) is 4.90 Å². The Bertz CT molecular complexity index is 141. The van der Waals surface area contributed by atoms with Crippen LogP contribution in [0.2, 0.25) is 0 Å². The molecule has 0 saturated carbocycles. The second-order valence-corrected chi connectivity index (χ2v) is 4.02. The number of nitrogens with two attached hydrogens (primary N) is 1. The molecule has 0 amide bonds. The third-order valence-electron chi connectivity index (χ3n) is 2.84. The molecule has 0 spiro atoms. The number of aliphatic hydroxyl groups excluding tert-OH is 1. The highest BCUT2D eigenvalue weighted by atomic mass is 16.3. The van der Waals surface area contributed by atoms with Gasteiger partial charge in [-0.15, -0.1) is 0 Å². The summed E-state index contributed by atoms with van der Waals surface area (Å²) >= 11 is 0. The first-order valence-electron chi connectivity index (χ1n) is 5.38. The van der Waals surface area contributed by atoms with Crippen molar-refractivity contribution in [3.8, 4) is 0 Å². The van der Waals surface area contributed by atoms with Crippen LogP contribution in [0.5, 0.6) is 0 Å². The number of aliphatic hydroxyl groups is 1. The Kier molecular flexibility index (Phi) is 4.70. The van der Waals surface area contributed by atoms with Gasteiger partial charge in [0.1, 0.15) is 0 Å². The van der Waals surface area contributed by atoms with E-state index in [-0.39, 0.29) is 6.04 Å². The van der Waals surface area contributed by atoms with Gasteiger partial charge in [-0.05, 0) is 25.8 Å². The summed E-state index contributed by atoms with van der Waals surface area (Å²) in [6.07, 6.45) is 4.59. The molecular formula is C10H22N2O. The highest BCUT2D eigenvalue weighted by Crippen LogP contribution is 2.16. The Morgan fingerprint density at radius 2 is 2.38 bits per heavy atom. The van der Waals surface area contributed by atoms with Crippen LogP contribution in [0.15, 0.2) is 0 Å². The van der Waals surface area contributed by atoms with E-state index < -0.39 is 0 Å². The molecule has 0 aromatic heterocycles. The normalized spacial score (nSPS) is 26.5. The van der Waals surface area contributed by atoms with Crippen molar-refractivity contribution in [2.24, 2.45) is 5.73 Å². The van der Waals surface area contributed by atoms with Crippen molar-refractivity contribution >= 4 is 0 Å². The fraction of sp³-hybridized carbons (Fsp3) is 1.00. The van der Waals surface area contributed by atoms with Crippen molar-refractivity contribution in [3.05, 3.63) is 0 Å². The van der Waals surface area contributed by atoms with Gasteiger partial charge in [-0.3, -0.25) is 4.90 Å². The summed E-state index contributed by atoms with van der Waals surface area (Å²) in [6, 6.07) is 0.667. The third kappa shape index (κ3) is 3.25. The van der Waals surface area contributed by atoms with Crippen molar-refractivity contribution in [2.75, 3.05) is 19.7 Å². The minimum absolute atomic E-state index is 0.289. The van der Waals surface area contributed by atoms with E-state index in [1.54, 1.807) is 0 Å². The molecule has 78 valence electrons. The molecule has 0 aromatic carbocycles. The average Bonchev–Trinajstić information content (AvgIpc) is 2.52. The topological polar surface area (TPSA) is 49.5 Å². The molecule has 3 N–H and O–H groups in total. The SMILES string of the molecule is CCC[C@@H](N)CN1CCC[C@H]1CO. The van der Waals surface area contributed by atoms with Crippen LogP contribution in [-0.2, 0) is 0 Å². The quantitative estimate of drug-likeness (QED) is 0.660. The maximum absolute atomic E-state index is 9.10. The Hall–Kier alpha value is -0.120. The van der Waals surface area contributed by atoms with Crippen molar-refractivity contribution in [1.29, 1.82) is 0 Å². The van der Waals surface area contributed by atoms with Gasteiger partial charge in [0.15, 0.2) is 0 Å². The van der Waals surface area contributed by atoms with E-state index in [0.29, 0.717) is 12.6 Å². The summed E-state index contributed by atoms with van der Waals surface area (Å²) in [5.74, 6) is 0. The number of hydrogen-bond donors (Lipinski definition) is 2. The molecule has 1 heterocycles. The van der Waals surface area contributed by atoms with E-state index in [1.807, 2.05) is 0 Å². The minimum atomic E-state index is 0.289. The van der Waals surface area contributed by atoms with Gasteiger partial charge in [-0.25, -0.2) is 0 Å². The first kappa shape index (κ1) is 11.0. The molecule has 0 radical (unpaired) electrons. The molecule has 1 saturated heterocycles. The molecule has 0 unspecified atom stereocenters. The van der Waals surface area contributed by atoms with Crippen molar-refractivity contribution < 1.29 is 5.11 Å². The van der Waals surface area contributed by atoms with Crippen LogP contribution in [0.1, 0.15) is 32.6 Å². The predicted octanol–water partition coefficient (Wildman–Crippen LogP) is 0.570. The van der Waals surface area contributed by atoms with Gasteiger partial charge in [-0.1, -0.05) is 13.3 Å². The molecule has 0 aliphatic carbocycles. The van der Waals surface area contributed by atoms with Gasteiger partial charge >= 0.3 is 0 Å². The standard InChI is InChI=1S/C10H22N2O/c1-2-4-9(11)7-12-6-3-5-10(12)8-13/h9-10,13H,2-8,11H2,1H3/t9-,10+/m1/s1. The van der Waals surface area contributed by atoms with Crippen LogP contribution < -0.4 is 5.73 Å². The fourth-order valence-electron chi connectivity index (χ4n) is 2.11. The predicted molar refractivity (Wildman–Crippen MR) is 54.6 cm³/mol. The molecule has 3 nitrogen and oxygen atoms in total. The lowest BCUT2D eigenvalue weighted by molar-refractivity contribution is 0.151. The maximum Gasteiger partial charge on any atom is 0.0586 e. The van der Waals surface area contributed by atoms with Gasteiger partial charge < -0.3 is 10.8 Å². The van der Waals surface area contributed by atoms with E-state index in [1.165, 1.54) is 6.42 Å². The van der Waals surface area contributed by atoms with Crippen LogP contribution in [0.25, 0.3) is 0 Å². The van der Waals surface area contributed by atoms with Gasteiger partial charge in [0.25, 0.3) is 0 Å². The summed E-state index contributed by atoms with van der Waals surface area (Å²) < 4.78 is 0. The lowest BCUT2D eigenvalue weighted by Crippen LogP contribution is -2.41. The first-order valence-corrected chi connectivity index (χ1v) is 5.38. The van der Waals surface area contributed by atoms with E-state index in [0.717, 1.165) is 32.4 Å². The molecule has 13 heavy (non-hydrogen) atoms. The number of nitrogens with zero attached hydrogens (tertiary/aromatic N) is 1. The van der Waals surface area contributed by atoms with E-state index in [2.05, 4.69) is 11.8 Å². The second-order valence-electron chi connectivity index (χ2n) is 4.02. The smallest absolute Gasteiger partial charge is 0.0586 e. The van der Waals surface area contributed by atoms with Gasteiger partial charge in [0, 0.05) is 18.6 Å². The number of hydrogen-bond acceptors (Lipinski definition) is 3. The molecular weight excluding hydrogens is 164 g/mol. The lowest BCUT2D eigenvalue weighted by Gasteiger charge is -2.25. The number of rotatable bonds is 5. The molecule has 1 aliphatic heterocycles. The van der Waals surface area contributed by atoms with Gasteiger partial charge in [0.2, 0.25) is 0 Å². The third-order valence-corrected chi connectivity index (χ3v) is 2.84. The number of likely N-dealkylation sites (tertiary alicyclic amines) is 1. The van der Waals surface area contributed by atoms with E-state index in [4.69, 9.17) is 10.8 Å². The monoisotopic (exact) mass is 186 g/mol. The average molecular weight is 186 g/mol. The van der Waals surface area contributed by atoms with Crippen LogP contribution in [0, 0.1) is 0 Å². The van der Waals surface area contributed by atoms with Crippen LogP contribution in [0.4, 0.5) is 0 Å². The Labute approximate surface area is 80.9 Å². The van der Waals surface area contributed by atoms with E-state index in [9.17, 15) is 0 Å². The molecule has 3 heteroatoms. The van der Waals surface area contributed by atoms with Crippen molar-refractivity contribution in [2.45, 2.75) is 44.7 Å². The van der Waals surface area contributed by atoms with E-state index >= 15 is 0 Å². The molecule has 1 aliphatic rings. The van der Waals surface area contributed by atoms with Crippen LogP contribution in [-0.4, -0.2) is 41.8 Å². The van der Waals surface area contributed by atoms with Crippen LogP contribution >= 0.6 is 0 Å². The molecule has 1 rings (SSSR count). The highest BCUT2D eigenvalue weighted by Gasteiger charge is 2.24. The minimum Gasteiger partial charge on any atom is -0.395 e. The van der Waals surface area contributed by atoms with Crippen molar-refractivity contribution in [3.63, 3.8) is 0 Å². The zero-order chi connectivity index (χ0) is 9.68. The first-order chi connectivity index (χ1) is 6.27. The zero-order valence-electron chi connectivity index (χ0n) is 8.58. The largest absolute Gasteiger partial charge is 0.395 e. The Morgan fingerprint density at radius 1 is 1.62 bits per heavy atom. The Morgan fingerprint density at radius 3 is 3.00 bits per heavy atom. The summed E-state index contributed by atoms with van der Waals surface area (Å²) in [4.78, 5) is 2.33. The summed E-state index contributed by atoms with van der Waals surface area (Å²) in [5.41, 5.74) is 5.96. The molecule has 0 aromatic rings. The molecule has 2 atom stereocenters. The van der Waals surface area contributed by atoms with Gasteiger partial charge in [0.05, 0.1) is 6.61 Å². The maximum atomic E-state index is 9.10. The van der Waals surface area contributed by atoms with Crippen LogP contribution in [0.3, 0.4) is 0 Å². The Balaban J connectivity index is 2.26. The second kappa shape index (κ2) is 5.58. The zero-order valence-corrected chi connectivity index (χ0v) is 8.58. The summed E-state index contributed by atoms with van der Waals surface area (Å²) in [5, 5.41) is 9.10. The highest BCUT2D eigenvalue weighted by molar-refractivity contribution is 4.81. The lowest BCUT2D eigenvalue weighted by atomic mass is 10.1.